The summed E-state index contributed by atoms with van der Waals surface area (Å²) in [6.45, 7) is 0. The van der Waals surface area contributed by atoms with Gasteiger partial charge in [0.15, 0.2) is 0 Å². The average Bonchev–Trinajstić information content (AvgIpc) is 3.06. The van der Waals surface area contributed by atoms with E-state index in [1.807, 2.05) is 41.8 Å². The summed E-state index contributed by atoms with van der Waals surface area (Å²) in [5, 5.41) is 2.04. The van der Waals surface area contributed by atoms with Gasteiger partial charge in [-0.25, -0.2) is 0 Å². The Balaban J connectivity index is 0.000000144. The molecule has 0 spiro atoms. The largest absolute Gasteiger partial charge is 0.473 e. The fourth-order valence-electron chi connectivity index (χ4n) is 1.06. The SMILES string of the molecule is c1ccoc1.c1coc(-c2cccs2)c1. The van der Waals surface area contributed by atoms with Crippen molar-refractivity contribution in [3.63, 3.8) is 0 Å². The highest BCUT2D eigenvalue weighted by molar-refractivity contribution is 7.13. The second-order valence-corrected chi connectivity index (χ2v) is 3.70. The van der Waals surface area contributed by atoms with Crippen LogP contribution in [0.1, 0.15) is 0 Å². The Morgan fingerprint density at radius 1 is 0.867 bits per heavy atom. The molecular weight excluding hydrogens is 208 g/mol. The molecule has 3 aromatic heterocycles. The van der Waals surface area contributed by atoms with Gasteiger partial charge in [0.05, 0.1) is 23.7 Å². The minimum Gasteiger partial charge on any atom is -0.473 e. The van der Waals surface area contributed by atoms with Gasteiger partial charge in [-0.2, -0.15) is 0 Å². The van der Waals surface area contributed by atoms with E-state index < -0.39 is 0 Å². The van der Waals surface area contributed by atoms with Crippen LogP contribution in [0.3, 0.4) is 0 Å². The summed E-state index contributed by atoms with van der Waals surface area (Å²) in [6.07, 6.45) is 4.94. The van der Waals surface area contributed by atoms with Crippen molar-refractivity contribution in [2.24, 2.45) is 0 Å². The number of thiophene rings is 1. The van der Waals surface area contributed by atoms with Crippen LogP contribution in [-0.4, -0.2) is 0 Å². The van der Waals surface area contributed by atoms with Crippen molar-refractivity contribution < 1.29 is 8.83 Å². The van der Waals surface area contributed by atoms with Crippen LogP contribution in [0.4, 0.5) is 0 Å². The third-order valence-electron chi connectivity index (χ3n) is 1.71. The van der Waals surface area contributed by atoms with Crippen LogP contribution in [-0.2, 0) is 0 Å². The lowest BCUT2D eigenvalue weighted by molar-refractivity contribution is 0.567. The first-order chi connectivity index (χ1) is 7.47. The van der Waals surface area contributed by atoms with Crippen LogP contribution in [0.5, 0.6) is 0 Å². The molecule has 0 radical (unpaired) electrons. The summed E-state index contributed by atoms with van der Waals surface area (Å²) in [7, 11) is 0. The molecular formula is C12H10O2S. The molecule has 0 bridgehead atoms. The van der Waals surface area contributed by atoms with E-state index in [0.717, 1.165) is 5.76 Å². The summed E-state index contributed by atoms with van der Waals surface area (Å²) in [6, 6.07) is 11.6. The highest BCUT2D eigenvalue weighted by Crippen LogP contribution is 2.24. The molecule has 0 atom stereocenters. The second kappa shape index (κ2) is 5.22. The molecule has 2 nitrogen and oxygen atoms in total. The topological polar surface area (TPSA) is 26.3 Å². The molecule has 0 N–H and O–H groups in total. The normalized spacial score (nSPS) is 9.33. The zero-order valence-electron chi connectivity index (χ0n) is 8.00. The summed E-state index contributed by atoms with van der Waals surface area (Å²) in [5.41, 5.74) is 0. The Kier molecular flexibility index (Phi) is 3.41. The van der Waals surface area contributed by atoms with Gasteiger partial charge in [-0.05, 0) is 35.7 Å². The molecule has 3 heteroatoms. The molecule has 0 saturated heterocycles. The molecule has 0 amide bonds. The van der Waals surface area contributed by atoms with Gasteiger partial charge in [0.1, 0.15) is 5.76 Å². The molecule has 76 valence electrons. The lowest BCUT2D eigenvalue weighted by atomic mass is 10.4. The van der Waals surface area contributed by atoms with Crippen molar-refractivity contribution in [3.8, 4) is 10.6 Å². The molecule has 0 aliphatic carbocycles. The Hall–Kier alpha value is -1.74. The van der Waals surface area contributed by atoms with Crippen molar-refractivity contribution >= 4 is 11.3 Å². The van der Waals surface area contributed by atoms with Crippen molar-refractivity contribution in [2.45, 2.75) is 0 Å². The highest BCUT2D eigenvalue weighted by atomic mass is 32.1. The van der Waals surface area contributed by atoms with Crippen molar-refractivity contribution in [1.29, 1.82) is 0 Å². The fraction of sp³-hybridized carbons (Fsp3) is 0. The van der Waals surface area contributed by atoms with Gasteiger partial charge in [0.2, 0.25) is 0 Å². The minimum absolute atomic E-state index is 0.954. The maximum Gasteiger partial charge on any atom is 0.143 e. The van der Waals surface area contributed by atoms with E-state index in [-0.39, 0.29) is 0 Å². The van der Waals surface area contributed by atoms with E-state index >= 15 is 0 Å². The van der Waals surface area contributed by atoms with Crippen LogP contribution in [0, 0.1) is 0 Å². The number of rotatable bonds is 1. The Bertz CT molecular complexity index is 388. The van der Waals surface area contributed by atoms with Crippen molar-refractivity contribution in [3.05, 3.63) is 60.6 Å². The van der Waals surface area contributed by atoms with Gasteiger partial charge in [-0.15, -0.1) is 11.3 Å². The van der Waals surface area contributed by atoms with Crippen LogP contribution < -0.4 is 0 Å². The van der Waals surface area contributed by atoms with Crippen LogP contribution in [0.15, 0.2) is 69.4 Å². The maximum atomic E-state index is 5.19. The zero-order chi connectivity index (χ0) is 10.3. The van der Waals surface area contributed by atoms with Crippen molar-refractivity contribution in [2.75, 3.05) is 0 Å². The second-order valence-electron chi connectivity index (χ2n) is 2.75. The average molecular weight is 218 g/mol. The van der Waals surface area contributed by atoms with E-state index in [0.29, 0.717) is 0 Å². The van der Waals surface area contributed by atoms with Crippen LogP contribution >= 0.6 is 11.3 Å². The maximum absolute atomic E-state index is 5.19. The van der Waals surface area contributed by atoms with Crippen LogP contribution in [0.25, 0.3) is 10.6 Å². The molecule has 0 fully saturated rings. The van der Waals surface area contributed by atoms with E-state index in [9.17, 15) is 0 Å². The summed E-state index contributed by atoms with van der Waals surface area (Å²) in [5.74, 6) is 0.954. The van der Waals surface area contributed by atoms with Crippen LogP contribution in [0.2, 0.25) is 0 Å². The fourth-order valence-corrected chi connectivity index (χ4v) is 1.76. The quantitative estimate of drug-likeness (QED) is 0.609. The summed E-state index contributed by atoms with van der Waals surface area (Å²) >= 11 is 1.69. The smallest absolute Gasteiger partial charge is 0.143 e. The standard InChI is InChI=1S/C8H6OS.C4H4O/c1-3-7(9-5-1)8-4-2-6-10-8;1-2-4-5-3-1/h1-6H;1-4H. The first kappa shape index (κ1) is 9.80. The van der Waals surface area contributed by atoms with Gasteiger partial charge in [0.25, 0.3) is 0 Å². The Labute approximate surface area is 91.8 Å². The highest BCUT2D eigenvalue weighted by Gasteiger charge is 1.98. The predicted molar refractivity (Wildman–Crippen MR) is 60.7 cm³/mol. The number of hydrogen-bond acceptors (Lipinski definition) is 3. The molecule has 0 aliphatic rings. The molecule has 0 aromatic carbocycles. The number of hydrogen-bond donors (Lipinski definition) is 0. The molecule has 0 aliphatic heterocycles. The lowest BCUT2D eigenvalue weighted by Crippen LogP contribution is -1.58. The molecule has 0 saturated carbocycles. The van der Waals surface area contributed by atoms with Gasteiger partial charge in [0, 0.05) is 0 Å². The molecule has 3 heterocycles. The first-order valence-corrected chi connectivity index (χ1v) is 5.39. The molecule has 3 aromatic rings. The monoisotopic (exact) mass is 218 g/mol. The van der Waals surface area contributed by atoms with Gasteiger partial charge in [-0.1, -0.05) is 6.07 Å². The Morgan fingerprint density at radius 2 is 1.73 bits per heavy atom. The minimum atomic E-state index is 0.954. The third kappa shape index (κ3) is 2.86. The Morgan fingerprint density at radius 3 is 2.20 bits per heavy atom. The predicted octanol–water partition coefficient (Wildman–Crippen LogP) is 4.29. The summed E-state index contributed by atoms with van der Waals surface area (Å²) < 4.78 is 9.77. The third-order valence-corrected chi connectivity index (χ3v) is 2.60. The molecule has 0 unspecified atom stereocenters. The lowest BCUT2D eigenvalue weighted by Gasteiger charge is -1.84. The first-order valence-electron chi connectivity index (χ1n) is 4.51. The summed E-state index contributed by atoms with van der Waals surface area (Å²) in [4.78, 5) is 1.19. The van der Waals surface area contributed by atoms with E-state index in [2.05, 4.69) is 4.42 Å². The molecule has 3 rings (SSSR count). The van der Waals surface area contributed by atoms with Gasteiger partial charge in [-0.3, -0.25) is 0 Å². The molecule has 15 heavy (non-hydrogen) atoms. The van der Waals surface area contributed by atoms with E-state index in [1.54, 1.807) is 30.1 Å². The van der Waals surface area contributed by atoms with Gasteiger partial charge >= 0.3 is 0 Å². The zero-order valence-corrected chi connectivity index (χ0v) is 8.81. The van der Waals surface area contributed by atoms with Crippen molar-refractivity contribution in [1.82, 2.24) is 0 Å². The van der Waals surface area contributed by atoms with E-state index in [4.69, 9.17) is 4.42 Å². The van der Waals surface area contributed by atoms with E-state index in [1.165, 1.54) is 4.88 Å². The van der Waals surface area contributed by atoms with Gasteiger partial charge < -0.3 is 8.83 Å². The number of furan rings is 2.